The number of aromatic nitrogens is 1. The fraction of sp³-hybridized carbons (Fsp3) is 0.250. The van der Waals surface area contributed by atoms with E-state index in [1.807, 2.05) is 19.1 Å². The van der Waals surface area contributed by atoms with Crippen molar-refractivity contribution in [3.63, 3.8) is 0 Å². The van der Waals surface area contributed by atoms with Gasteiger partial charge in [0.25, 0.3) is 0 Å². The van der Waals surface area contributed by atoms with Crippen molar-refractivity contribution in [1.29, 1.82) is 5.26 Å². The summed E-state index contributed by atoms with van der Waals surface area (Å²) in [5.74, 6) is 1.76. The van der Waals surface area contributed by atoms with Crippen LogP contribution in [0.15, 0.2) is 36.5 Å². The summed E-state index contributed by atoms with van der Waals surface area (Å²) >= 11 is 0. The zero-order chi connectivity index (χ0) is 14.4. The fourth-order valence-electron chi connectivity index (χ4n) is 1.68. The van der Waals surface area contributed by atoms with Crippen LogP contribution in [-0.4, -0.2) is 11.6 Å². The second kappa shape index (κ2) is 6.58. The molecule has 0 radical (unpaired) electrons. The van der Waals surface area contributed by atoms with E-state index in [4.69, 9.17) is 14.7 Å². The normalized spacial score (nSPS) is 9.85. The van der Waals surface area contributed by atoms with Gasteiger partial charge < -0.3 is 9.47 Å². The van der Waals surface area contributed by atoms with Crippen LogP contribution < -0.4 is 9.47 Å². The summed E-state index contributed by atoms with van der Waals surface area (Å²) in [7, 11) is 0. The van der Waals surface area contributed by atoms with Gasteiger partial charge in [-0.05, 0) is 49.2 Å². The van der Waals surface area contributed by atoms with Gasteiger partial charge in [-0.1, -0.05) is 6.92 Å². The SMILES string of the molecule is CCCOc1ccc(Oc2nccc(C)c2C#N)cc1. The number of nitrogens with zero attached hydrogens (tertiary/aromatic N) is 2. The molecule has 0 saturated carbocycles. The van der Waals surface area contributed by atoms with Crippen molar-refractivity contribution in [3.8, 4) is 23.4 Å². The molecule has 0 N–H and O–H groups in total. The minimum atomic E-state index is 0.328. The van der Waals surface area contributed by atoms with Crippen molar-refractivity contribution < 1.29 is 9.47 Å². The number of pyridine rings is 1. The molecular weight excluding hydrogens is 252 g/mol. The van der Waals surface area contributed by atoms with Crippen LogP contribution in [0, 0.1) is 18.3 Å². The number of hydrogen-bond acceptors (Lipinski definition) is 4. The van der Waals surface area contributed by atoms with Crippen molar-refractivity contribution in [3.05, 3.63) is 47.7 Å². The monoisotopic (exact) mass is 268 g/mol. The highest BCUT2D eigenvalue weighted by Crippen LogP contribution is 2.26. The number of hydrogen-bond donors (Lipinski definition) is 0. The van der Waals surface area contributed by atoms with E-state index < -0.39 is 0 Å². The topological polar surface area (TPSA) is 55.1 Å². The molecule has 0 bridgehead atoms. The first-order valence-electron chi connectivity index (χ1n) is 6.51. The third-order valence-corrected chi connectivity index (χ3v) is 2.75. The van der Waals surface area contributed by atoms with Crippen LogP contribution in [0.3, 0.4) is 0 Å². The largest absolute Gasteiger partial charge is 0.494 e. The van der Waals surface area contributed by atoms with Crippen LogP contribution >= 0.6 is 0 Å². The summed E-state index contributed by atoms with van der Waals surface area (Å²) in [4.78, 5) is 4.10. The molecule has 0 atom stereocenters. The maximum Gasteiger partial charge on any atom is 0.237 e. The van der Waals surface area contributed by atoms with Crippen LogP contribution in [0.1, 0.15) is 24.5 Å². The number of nitriles is 1. The summed E-state index contributed by atoms with van der Waals surface area (Å²) in [6.07, 6.45) is 2.60. The molecule has 1 aromatic carbocycles. The van der Waals surface area contributed by atoms with Crippen LogP contribution in [-0.2, 0) is 0 Å². The summed E-state index contributed by atoms with van der Waals surface area (Å²) in [5, 5.41) is 9.13. The molecule has 0 saturated heterocycles. The first-order valence-corrected chi connectivity index (χ1v) is 6.51. The number of aryl methyl sites for hydroxylation is 1. The molecule has 0 aliphatic rings. The highest BCUT2D eigenvalue weighted by atomic mass is 16.5. The zero-order valence-electron chi connectivity index (χ0n) is 11.6. The average Bonchev–Trinajstić information content (AvgIpc) is 2.47. The summed E-state index contributed by atoms with van der Waals surface area (Å²) in [5.41, 5.74) is 1.30. The van der Waals surface area contributed by atoms with Gasteiger partial charge in [-0.3, -0.25) is 0 Å². The van der Waals surface area contributed by atoms with E-state index in [1.165, 1.54) is 0 Å². The third kappa shape index (κ3) is 3.27. The molecular formula is C16H16N2O2. The minimum Gasteiger partial charge on any atom is -0.494 e. The second-order valence-corrected chi connectivity index (χ2v) is 4.34. The Morgan fingerprint density at radius 2 is 1.85 bits per heavy atom. The van der Waals surface area contributed by atoms with Gasteiger partial charge in [-0.15, -0.1) is 0 Å². The fourth-order valence-corrected chi connectivity index (χ4v) is 1.68. The van der Waals surface area contributed by atoms with Crippen molar-refractivity contribution in [2.45, 2.75) is 20.3 Å². The Kier molecular flexibility index (Phi) is 4.56. The molecule has 0 spiro atoms. The van der Waals surface area contributed by atoms with Gasteiger partial charge in [0.1, 0.15) is 23.1 Å². The van der Waals surface area contributed by atoms with Gasteiger partial charge in [0.05, 0.1) is 6.61 Å². The summed E-state index contributed by atoms with van der Waals surface area (Å²) in [6, 6.07) is 11.2. The zero-order valence-corrected chi connectivity index (χ0v) is 11.6. The Hall–Kier alpha value is -2.54. The van der Waals surface area contributed by atoms with Gasteiger partial charge in [-0.25, -0.2) is 4.98 Å². The molecule has 4 nitrogen and oxygen atoms in total. The van der Waals surface area contributed by atoms with Crippen molar-refractivity contribution >= 4 is 0 Å². The quantitative estimate of drug-likeness (QED) is 0.826. The summed E-state index contributed by atoms with van der Waals surface area (Å²) in [6.45, 7) is 4.61. The van der Waals surface area contributed by atoms with E-state index in [-0.39, 0.29) is 0 Å². The minimum absolute atomic E-state index is 0.328. The highest BCUT2D eigenvalue weighted by Gasteiger charge is 2.08. The summed E-state index contributed by atoms with van der Waals surface area (Å²) < 4.78 is 11.2. The van der Waals surface area contributed by atoms with Gasteiger partial charge >= 0.3 is 0 Å². The van der Waals surface area contributed by atoms with E-state index in [9.17, 15) is 0 Å². The molecule has 4 heteroatoms. The maximum absolute atomic E-state index is 9.13. The molecule has 0 unspecified atom stereocenters. The molecule has 2 rings (SSSR count). The predicted molar refractivity (Wildman–Crippen MR) is 76.0 cm³/mol. The average molecular weight is 268 g/mol. The second-order valence-electron chi connectivity index (χ2n) is 4.34. The van der Waals surface area contributed by atoms with Gasteiger partial charge in [0.2, 0.25) is 5.88 Å². The van der Waals surface area contributed by atoms with E-state index in [1.54, 1.807) is 24.4 Å². The Bertz CT molecular complexity index is 615. The van der Waals surface area contributed by atoms with Crippen LogP contribution in [0.2, 0.25) is 0 Å². The van der Waals surface area contributed by atoms with Gasteiger partial charge in [0, 0.05) is 6.20 Å². The lowest BCUT2D eigenvalue weighted by Gasteiger charge is -2.09. The maximum atomic E-state index is 9.13. The predicted octanol–water partition coefficient (Wildman–Crippen LogP) is 3.84. The Morgan fingerprint density at radius 1 is 1.15 bits per heavy atom. The lowest BCUT2D eigenvalue weighted by molar-refractivity contribution is 0.317. The van der Waals surface area contributed by atoms with Crippen LogP contribution in [0.25, 0.3) is 0 Å². The van der Waals surface area contributed by atoms with Crippen molar-refractivity contribution in [2.24, 2.45) is 0 Å². The Labute approximate surface area is 118 Å². The molecule has 0 aliphatic carbocycles. The van der Waals surface area contributed by atoms with Crippen molar-refractivity contribution in [1.82, 2.24) is 4.98 Å². The van der Waals surface area contributed by atoms with E-state index >= 15 is 0 Å². The molecule has 20 heavy (non-hydrogen) atoms. The van der Waals surface area contributed by atoms with Crippen LogP contribution in [0.5, 0.6) is 17.4 Å². The molecule has 1 aromatic heterocycles. The first-order chi connectivity index (χ1) is 9.74. The highest BCUT2D eigenvalue weighted by molar-refractivity contribution is 5.45. The molecule has 0 amide bonds. The lowest BCUT2D eigenvalue weighted by Crippen LogP contribution is -1.96. The smallest absolute Gasteiger partial charge is 0.237 e. The Balaban J connectivity index is 2.15. The van der Waals surface area contributed by atoms with E-state index in [0.717, 1.165) is 17.7 Å². The standard InChI is InChI=1S/C16H16N2O2/c1-3-10-19-13-4-6-14(7-5-13)20-16-15(11-17)12(2)8-9-18-16/h4-9H,3,10H2,1-2H3. The lowest BCUT2D eigenvalue weighted by atomic mass is 10.2. The molecule has 0 aliphatic heterocycles. The van der Waals surface area contributed by atoms with Gasteiger partial charge in [0.15, 0.2) is 0 Å². The Morgan fingerprint density at radius 3 is 2.50 bits per heavy atom. The number of rotatable bonds is 5. The number of benzene rings is 1. The van der Waals surface area contributed by atoms with Crippen molar-refractivity contribution in [2.75, 3.05) is 6.61 Å². The van der Waals surface area contributed by atoms with E-state index in [0.29, 0.717) is 23.8 Å². The van der Waals surface area contributed by atoms with Gasteiger partial charge in [-0.2, -0.15) is 5.26 Å². The first kappa shape index (κ1) is 13.9. The third-order valence-electron chi connectivity index (χ3n) is 2.75. The molecule has 2 aromatic rings. The van der Waals surface area contributed by atoms with Crippen LogP contribution in [0.4, 0.5) is 0 Å². The molecule has 1 heterocycles. The van der Waals surface area contributed by atoms with E-state index in [2.05, 4.69) is 18.0 Å². The molecule has 0 fully saturated rings. The number of ether oxygens (including phenoxy) is 2. The molecule has 102 valence electrons.